The average Bonchev–Trinajstić information content (AvgIpc) is 2.24. The van der Waals surface area contributed by atoms with Crippen molar-refractivity contribution in [3.8, 4) is 0 Å². The summed E-state index contributed by atoms with van der Waals surface area (Å²) in [5, 5.41) is 9.32. The molecular weight excluding hydrogens is 196 g/mol. The molecule has 0 amide bonds. The summed E-state index contributed by atoms with van der Waals surface area (Å²) in [7, 11) is -1.87. The van der Waals surface area contributed by atoms with Crippen LogP contribution in [0.4, 0.5) is 0 Å². The highest BCUT2D eigenvalue weighted by Crippen LogP contribution is 2.22. The summed E-state index contributed by atoms with van der Waals surface area (Å²) in [5.74, 6) is -0.426. The Bertz CT molecular complexity index is 170. The predicted molar refractivity (Wildman–Crippen MR) is 59.6 cm³/mol. The van der Waals surface area contributed by atoms with E-state index in [1.165, 1.54) is 0 Å². The second kappa shape index (κ2) is 6.19. The van der Waals surface area contributed by atoms with Crippen molar-refractivity contribution in [1.29, 1.82) is 0 Å². The summed E-state index contributed by atoms with van der Waals surface area (Å²) in [4.78, 5) is 11.4. The van der Waals surface area contributed by atoms with Crippen molar-refractivity contribution >= 4 is 14.3 Å². The van der Waals surface area contributed by atoms with Gasteiger partial charge in [0.2, 0.25) is 0 Å². The summed E-state index contributed by atoms with van der Waals surface area (Å²) in [6.07, 6.45) is -0.507. The first-order valence-electron chi connectivity index (χ1n) is 5.46. The molecule has 0 aliphatic heterocycles. The monoisotopic (exact) mass is 218 g/mol. The van der Waals surface area contributed by atoms with Crippen molar-refractivity contribution in [3.05, 3.63) is 0 Å². The summed E-state index contributed by atoms with van der Waals surface area (Å²) < 4.78 is 5.49. The Morgan fingerprint density at radius 2 is 1.64 bits per heavy atom. The van der Waals surface area contributed by atoms with Crippen LogP contribution >= 0.6 is 0 Å². The van der Waals surface area contributed by atoms with Crippen LogP contribution in [0.15, 0.2) is 0 Å². The number of hydrogen-bond acceptors (Lipinski definition) is 3. The zero-order valence-corrected chi connectivity index (χ0v) is 10.7. The van der Waals surface area contributed by atoms with Crippen molar-refractivity contribution in [3.63, 3.8) is 0 Å². The van der Waals surface area contributed by atoms with Crippen LogP contribution in [0.25, 0.3) is 0 Å². The second-order valence-electron chi connectivity index (χ2n) is 3.59. The van der Waals surface area contributed by atoms with E-state index in [9.17, 15) is 9.90 Å². The smallest absolute Gasteiger partial charge is 0.321 e. The highest BCUT2D eigenvalue weighted by Gasteiger charge is 2.34. The Morgan fingerprint density at radius 1 is 1.21 bits per heavy atom. The highest BCUT2D eigenvalue weighted by atomic mass is 28.4. The minimum absolute atomic E-state index is 0.426. The Balaban J connectivity index is 4.37. The molecule has 0 spiro atoms. The fraction of sp³-hybridized carbons (Fsp3) is 0.900. The van der Waals surface area contributed by atoms with E-state index in [1.807, 2.05) is 0 Å². The molecule has 0 aliphatic rings. The van der Waals surface area contributed by atoms with Crippen LogP contribution in [-0.4, -0.2) is 25.5 Å². The van der Waals surface area contributed by atoms with Gasteiger partial charge in [-0.3, -0.25) is 4.79 Å². The van der Waals surface area contributed by atoms with E-state index in [2.05, 4.69) is 20.8 Å². The fourth-order valence-corrected chi connectivity index (χ4v) is 3.91. The minimum atomic E-state index is -1.87. The van der Waals surface area contributed by atoms with Crippen molar-refractivity contribution < 1.29 is 14.3 Å². The lowest BCUT2D eigenvalue weighted by molar-refractivity contribution is -0.144. The molecule has 1 N–H and O–H groups in total. The van der Waals surface area contributed by atoms with Gasteiger partial charge in [0.15, 0.2) is 0 Å². The van der Waals surface area contributed by atoms with Gasteiger partial charge in [-0.2, -0.15) is 0 Å². The zero-order valence-electron chi connectivity index (χ0n) is 9.67. The van der Waals surface area contributed by atoms with Gasteiger partial charge in [0, 0.05) is 0 Å². The first-order valence-corrected chi connectivity index (χ1v) is 7.99. The molecule has 4 heteroatoms. The molecule has 0 rings (SSSR count). The first-order chi connectivity index (χ1) is 6.55. The largest absolute Gasteiger partial charge is 0.517 e. The number of aliphatic hydroxyl groups excluding tert-OH is 1. The van der Waals surface area contributed by atoms with Gasteiger partial charge in [-0.25, -0.2) is 0 Å². The first kappa shape index (κ1) is 13.6. The summed E-state index contributed by atoms with van der Waals surface area (Å²) in [6.45, 7) is 7.96. The van der Waals surface area contributed by atoms with E-state index in [1.54, 1.807) is 6.92 Å². The quantitative estimate of drug-likeness (QED) is 0.696. The second-order valence-corrected chi connectivity index (χ2v) is 8.28. The van der Waals surface area contributed by atoms with E-state index in [0.29, 0.717) is 6.42 Å². The lowest BCUT2D eigenvalue weighted by Crippen LogP contribution is -2.41. The fourth-order valence-electron chi connectivity index (χ4n) is 1.41. The number of carbonyl (C=O) groups excluding carboxylic acids is 1. The molecule has 0 bridgehead atoms. The molecule has 3 nitrogen and oxygen atoms in total. The van der Waals surface area contributed by atoms with Gasteiger partial charge in [-0.15, -0.1) is 0 Å². The average molecular weight is 218 g/mol. The maximum Gasteiger partial charge on any atom is 0.321 e. The molecule has 0 heterocycles. The van der Waals surface area contributed by atoms with Gasteiger partial charge in [0.05, 0.1) is 0 Å². The van der Waals surface area contributed by atoms with Crippen molar-refractivity contribution in [2.75, 3.05) is 0 Å². The molecule has 0 aliphatic carbocycles. The SMILES string of the molecule is CCC(O)C(=O)O[Si](CC)(CC)CC. The zero-order chi connectivity index (χ0) is 11.2. The molecule has 1 unspecified atom stereocenters. The van der Waals surface area contributed by atoms with Crippen molar-refractivity contribution in [1.82, 2.24) is 0 Å². The minimum Gasteiger partial charge on any atom is -0.517 e. The molecule has 0 fully saturated rings. The summed E-state index contributed by atoms with van der Waals surface area (Å²) >= 11 is 0. The Labute approximate surface area is 87.6 Å². The van der Waals surface area contributed by atoms with Crippen molar-refractivity contribution in [2.45, 2.75) is 58.4 Å². The van der Waals surface area contributed by atoms with Crippen LogP contribution in [0, 0.1) is 0 Å². The molecule has 0 saturated heterocycles. The number of hydrogen-bond donors (Lipinski definition) is 1. The Kier molecular flexibility index (Phi) is 6.03. The topological polar surface area (TPSA) is 46.5 Å². The predicted octanol–water partition coefficient (Wildman–Crippen LogP) is 2.31. The van der Waals surface area contributed by atoms with Crippen LogP contribution < -0.4 is 0 Å². The maximum atomic E-state index is 11.4. The molecular formula is C10H22O3Si. The molecule has 0 aromatic carbocycles. The van der Waals surface area contributed by atoms with Crippen molar-refractivity contribution in [2.24, 2.45) is 0 Å². The molecule has 0 radical (unpaired) electrons. The van der Waals surface area contributed by atoms with Gasteiger partial charge in [-0.1, -0.05) is 27.7 Å². The van der Waals surface area contributed by atoms with Gasteiger partial charge in [0.25, 0.3) is 8.32 Å². The van der Waals surface area contributed by atoms with Gasteiger partial charge in [-0.05, 0) is 24.6 Å². The number of carbonyl (C=O) groups is 1. The molecule has 14 heavy (non-hydrogen) atoms. The summed E-state index contributed by atoms with van der Waals surface area (Å²) in [5.41, 5.74) is 0. The van der Waals surface area contributed by atoms with E-state index in [-0.39, 0.29) is 0 Å². The van der Waals surface area contributed by atoms with Crippen LogP contribution in [0.2, 0.25) is 18.1 Å². The molecule has 84 valence electrons. The number of rotatable bonds is 6. The lowest BCUT2D eigenvalue weighted by atomic mass is 10.3. The third kappa shape index (κ3) is 3.42. The standard InChI is InChI=1S/C10H22O3Si/c1-5-9(11)10(12)13-14(6-2,7-3)8-4/h9,11H,5-8H2,1-4H3. The normalized spacial score (nSPS) is 13.8. The van der Waals surface area contributed by atoms with Crippen LogP contribution in [-0.2, 0) is 9.22 Å². The van der Waals surface area contributed by atoms with E-state index < -0.39 is 20.4 Å². The van der Waals surface area contributed by atoms with Gasteiger partial charge >= 0.3 is 5.97 Å². The lowest BCUT2D eigenvalue weighted by Gasteiger charge is -2.28. The third-order valence-electron chi connectivity index (χ3n) is 2.91. The third-order valence-corrected chi connectivity index (χ3v) is 7.41. The molecule has 0 aromatic rings. The maximum absolute atomic E-state index is 11.4. The van der Waals surface area contributed by atoms with E-state index >= 15 is 0 Å². The van der Waals surface area contributed by atoms with Gasteiger partial charge in [0.1, 0.15) is 6.10 Å². The van der Waals surface area contributed by atoms with E-state index in [0.717, 1.165) is 18.1 Å². The molecule has 0 aromatic heterocycles. The van der Waals surface area contributed by atoms with Crippen LogP contribution in [0.5, 0.6) is 0 Å². The molecule has 0 saturated carbocycles. The number of aliphatic hydroxyl groups is 1. The Morgan fingerprint density at radius 3 is 1.93 bits per heavy atom. The van der Waals surface area contributed by atoms with Crippen LogP contribution in [0.3, 0.4) is 0 Å². The van der Waals surface area contributed by atoms with Crippen LogP contribution in [0.1, 0.15) is 34.1 Å². The summed E-state index contributed by atoms with van der Waals surface area (Å²) in [6, 6.07) is 2.80. The Hall–Kier alpha value is -0.353. The van der Waals surface area contributed by atoms with Gasteiger partial charge < -0.3 is 9.53 Å². The highest BCUT2D eigenvalue weighted by molar-refractivity contribution is 6.74. The molecule has 1 atom stereocenters. The van der Waals surface area contributed by atoms with E-state index in [4.69, 9.17) is 4.43 Å².